The van der Waals surface area contributed by atoms with Crippen LogP contribution in [-0.2, 0) is 24.1 Å². The lowest BCUT2D eigenvalue weighted by Crippen LogP contribution is -2.52. The van der Waals surface area contributed by atoms with E-state index in [0.717, 1.165) is 16.5 Å². The van der Waals surface area contributed by atoms with Crippen LogP contribution in [0.2, 0.25) is 0 Å². The topological polar surface area (TPSA) is 116 Å². The molecule has 3 aliphatic heterocycles. The van der Waals surface area contributed by atoms with E-state index in [1.165, 1.54) is 6.26 Å². The summed E-state index contributed by atoms with van der Waals surface area (Å²) in [7, 11) is -1.94. The number of hydrogen-bond donors (Lipinski definition) is 1. The van der Waals surface area contributed by atoms with Crippen molar-refractivity contribution in [3.05, 3.63) is 30.1 Å². The number of nitrogens with zero attached hydrogens (tertiary/aromatic N) is 3. The molecule has 0 aliphatic carbocycles. The van der Waals surface area contributed by atoms with Crippen molar-refractivity contribution in [3.8, 4) is 22.9 Å². The lowest BCUT2D eigenvalue weighted by Gasteiger charge is -2.43. The Morgan fingerprint density at radius 1 is 1.11 bits per heavy atom. The highest BCUT2D eigenvalue weighted by Gasteiger charge is 2.50. The zero-order valence-corrected chi connectivity index (χ0v) is 20.6. The molecule has 0 amide bonds. The minimum absolute atomic E-state index is 0.0128. The van der Waals surface area contributed by atoms with Crippen molar-refractivity contribution in [1.29, 1.82) is 0 Å². The molecular weight excluding hydrogens is 472 g/mol. The molecule has 0 bridgehead atoms. The van der Waals surface area contributed by atoms with E-state index in [4.69, 9.17) is 28.9 Å². The summed E-state index contributed by atoms with van der Waals surface area (Å²) < 4.78 is 48.5. The minimum Gasteiger partial charge on any atom is -0.495 e. The number of rotatable bonds is 4. The number of ether oxygens (including phenoxy) is 4. The van der Waals surface area contributed by atoms with Crippen molar-refractivity contribution in [3.63, 3.8) is 0 Å². The van der Waals surface area contributed by atoms with Gasteiger partial charge >= 0.3 is 0 Å². The molecule has 3 aromatic rings. The molecule has 1 aromatic carbocycles. The van der Waals surface area contributed by atoms with Crippen LogP contribution in [0.1, 0.15) is 18.5 Å². The van der Waals surface area contributed by atoms with E-state index in [2.05, 4.69) is 9.88 Å². The van der Waals surface area contributed by atoms with Gasteiger partial charge in [0.2, 0.25) is 0 Å². The molecule has 2 aromatic heterocycles. The van der Waals surface area contributed by atoms with E-state index < -0.39 is 14.6 Å². The smallest absolute Gasteiger partial charge is 0.185 e. The highest BCUT2D eigenvalue weighted by molar-refractivity contribution is 7.91. The van der Waals surface area contributed by atoms with Gasteiger partial charge in [0, 0.05) is 43.2 Å². The summed E-state index contributed by atoms with van der Waals surface area (Å²) in [5.41, 5.74) is 2.04. The van der Waals surface area contributed by atoms with Crippen LogP contribution >= 0.6 is 0 Å². The lowest BCUT2D eigenvalue weighted by atomic mass is 9.93. The molecule has 2 fully saturated rings. The average Bonchev–Trinajstić information content (AvgIpc) is 3.37. The fraction of sp³-hybridized carbons (Fsp3) is 0.500. The van der Waals surface area contributed by atoms with Crippen molar-refractivity contribution in [2.75, 3.05) is 57.8 Å². The highest BCUT2D eigenvalue weighted by atomic mass is 32.2. The summed E-state index contributed by atoms with van der Waals surface area (Å²) in [5, 5.41) is 0.894. The Balaban J connectivity index is 1.63. The largest absolute Gasteiger partial charge is 0.495 e. The van der Waals surface area contributed by atoms with Gasteiger partial charge in [-0.2, -0.15) is 0 Å². The number of aromatic nitrogens is 3. The van der Waals surface area contributed by atoms with Gasteiger partial charge in [-0.15, -0.1) is 0 Å². The van der Waals surface area contributed by atoms with Crippen LogP contribution in [0.15, 0.2) is 24.4 Å². The van der Waals surface area contributed by atoms with Crippen LogP contribution in [-0.4, -0.2) is 82.4 Å². The Hall–Kier alpha value is -2.89. The first-order valence-corrected chi connectivity index (χ1v) is 13.6. The fourth-order valence-electron chi connectivity index (χ4n) is 5.43. The van der Waals surface area contributed by atoms with Crippen molar-refractivity contribution in [2.24, 2.45) is 0 Å². The summed E-state index contributed by atoms with van der Waals surface area (Å²) >= 11 is 0. The molecular formula is C24H28N4O6S. The number of fused-ring (bicyclic) bond motifs is 4. The second-order valence-electron chi connectivity index (χ2n) is 9.24. The van der Waals surface area contributed by atoms with Crippen molar-refractivity contribution in [1.82, 2.24) is 15.0 Å². The van der Waals surface area contributed by atoms with E-state index in [-0.39, 0.29) is 6.04 Å². The minimum atomic E-state index is -3.56. The van der Waals surface area contributed by atoms with Crippen LogP contribution < -0.4 is 14.4 Å². The van der Waals surface area contributed by atoms with Crippen molar-refractivity contribution < 1.29 is 27.4 Å². The van der Waals surface area contributed by atoms with E-state index in [1.807, 2.05) is 24.4 Å². The summed E-state index contributed by atoms with van der Waals surface area (Å²) in [5.74, 6) is 2.24. The number of sulfone groups is 1. The SMILES string of the molecule is COc1ccc(-c2nc3c(c(C4(S(C)(=O)=O)CCOCC4)n2)OCC2COCCN32)c2cc[nH]c12. The predicted molar refractivity (Wildman–Crippen MR) is 130 cm³/mol. The first kappa shape index (κ1) is 22.6. The van der Waals surface area contributed by atoms with Gasteiger partial charge in [0.25, 0.3) is 0 Å². The molecule has 10 nitrogen and oxygen atoms in total. The number of benzene rings is 1. The van der Waals surface area contributed by atoms with Gasteiger partial charge in [0.15, 0.2) is 27.2 Å². The second-order valence-corrected chi connectivity index (χ2v) is 11.6. The molecule has 5 heterocycles. The molecule has 6 rings (SSSR count). The number of nitrogens with one attached hydrogen (secondary N) is 1. The molecule has 3 aliphatic rings. The maximum atomic E-state index is 13.4. The molecule has 1 atom stereocenters. The normalized spacial score (nSPS) is 21.8. The third-order valence-corrected chi connectivity index (χ3v) is 9.38. The molecule has 1 unspecified atom stereocenters. The van der Waals surface area contributed by atoms with E-state index in [1.54, 1.807) is 7.11 Å². The number of H-pyrrole nitrogens is 1. The maximum absolute atomic E-state index is 13.4. The van der Waals surface area contributed by atoms with Crippen LogP contribution in [0.5, 0.6) is 11.5 Å². The van der Waals surface area contributed by atoms with E-state index in [9.17, 15) is 8.42 Å². The molecule has 0 saturated carbocycles. The quantitative estimate of drug-likeness (QED) is 0.576. The predicted octanol–water partition coefficient (Wildman–Crippen LogP) is 2.28. The first-order valence-electron chi connectivity index (χ1n) is 11.7. The molecule has 35 heavy (non-hydrogen) atoms. The molecule has 11 heteroatoms. The zero-order valence-electron chi connectivity index (χ0n) is 19.7. The Morgan fingerprint density at radius 3 is 2.71 bits per heavy atom. The molecule has 0 spiro atoms. The van der Waals surface area contributed by atoms with Crippen molar-refractivity contribution in [2.45, 2.75) is 23.6 Å². The average molecular weight is 501 g/mol. The van der Waals surface area contributed by atoms with Gasteiger partial charge in [0.1, 0.15) is 22.8 Å². The van der Waals surface area contributed by atoms with Crippen LogP contribution in [0.25, 0.3) is 22.3 Å². The zero-order chi connectivity index (χ0) is 24.2. The Bertz CT molecular complexity index is 1380. The Labute approximate surface area is 203 Å². The summed E-state index contributed by atoms with van der Waals surface area (Å²) in [6.07, 6.45) is 3.75. The van der Waals surface area contributed by atoms with Gasteiger partial charge in [-0.1, -0.05) is 0 Å². The number of anilines is 1. The standard InChI is InChI=1S/C24H28N4O6S/c1-31-18-4-3-17(16-5-8-25-19(16)18)22-26-21(24(35(2,29)30)6-10-32-11-7-24)20-23(27-22)28-9-12-33-13-15(28)14-34-20/h3-5,8,15,25H,6-7,9-14H2,1-2H3. The van der Waals surface area contributed by atoms with Gasteiger partial charge in [-0.3, -0.25) is 0 Å². The van der Waals surface area contributed by atoms with Gasteiger partial charge in [-0.25, -0.2) is 18.4 Å². The van der Waals surface area contributed by atoms with E-state index in [0.29, 0.717) is 81.3 Å². The van der Waals surface area contributed by atoms with Crippen LogP contribution in [0.3, 0.4) is 0 Å². The number of aromatic amines is 1. The maximum Gasteiger partial charge on any atom is 0.185 e. The third kappa shape index (κ3) is 3.47. The highest BCUT2D eigenvalue weighted by Crippen LogP contribution is 2.48. The van der Waals surface area contributed by atoms with Gasteiger partial charge < -0.3 is 28.8 Å². The number of morpholine rings is 1. The van der Waals surface area contributed by atoms with Gasteiger partial charge in [0.05, 0.1) is 31.9 Å². The van der Waals surface area contributed by atoms with Crippen LogP contribution in [0, 0.1) is 0 Å². The molecule has 1 N–H and O–H groups in total. The monoisotopic (exact) mass is 500 g/mol. The summed E-state index contributed by atoms with van der Waals surface area (Å²) in [4.78, 5) is 15.3. The fourth-order valence-corrected chi connectivity index (χ4v) is 6.82. The lowest BCUT2D eigenvalue weighted by molar-refractivity contribution is 0.0640. The van der Waals surface area contributed by atoms with E-state index >= 15 is 0 Å². The Morgan fingerprint density at radius 2 is 1.94 bits per heavy atom. The second kappa shape index (κ2) is 8.35. The number of methoxy groups -OCH3 is 1. The number of hydrogen-bond acceptors (Lipinski definition) is 9. The summed E-state index contributed by atoms with van der Waals surface area (Å²) in [6.45, 7) is 2.82. The Kier molecular flexibility index (Phi) is 5.39. The third-order valence-electron chi connectivity index (χ3n) is 7.35. The van der Waals surface area contributed by atoms with Crippen LogP contribution in [0.4, 0.5) is 5.82 Å². The molecule has 2 saturated heterocycles. The first-order chi connectivity index (χ1) is 16.9. The van der Waals surface area contributed by atoms with Crippen molar-refractivity contribution >= 4 is 26.6 Å². The molecule has 0 radical (unpaired) electrons. The molecule has 186 valence electrons. The van der Waals surface area contributed by atoms with Gasteiger partial charge in [-0.05, 0) is 31.0 Å². The summed E-state index contributed by atoms with van der Waals surface area (Å²) in [6, 6.07) is 5.74.